The standard InChI is InChI=1S/2C16H18/c1-3-16(2,14-10-6-4-7-11-14)15-12-8-5-9-13-15;1-2-9-16(14-10-5-3-6-11-14)15-12-7-4-8-13-15/h4-13H,3H2,1-2H3;3-8,10-13,16H,2,9H2,1H3. The van der Waals surface area contributed by atoms with Gasteiger partial charge in [0, 0.05) is 11.3 Å². The van der Waals surface area contributed by atoms with Gasteiger partial charge in [0.2, 0.25) is 0 Å². The zero-order valence-corrected chi connectivity index (χ0v) is 19.7. The van der Waals surface area contributed by atoms with Crippen molar-refractivity contribution in [3.05, 3.63) is 144 Å². The lowest BCUT2D eigenvalue weighted by Gasteiger charge is -2.29. The highest BCUT2D eigenvalue weighted by molar-refractivity contribution is 5.38. The van der Waals surface area contributed by atoms with Crippen molar-refractivity contribution in [3.63, 3.8) is 0 Å². The molecule has 0 saturated carbocycles. The minimum absolute atomic E-state index is 0.127. The van der Waals surface area contributed by atoms with E-state index in [-0.39, 0.29) is 5.41 Å². The first kappa shape index (κ1) is 23.5. The van der Waals surface area contributed by atoms with Gasteiger partial charge in [-0.15, -0.1) is 0 Å². The Hall–Kier alpha value is -3.12. The SMILES string of the molecule is CCC(C)(c1ccccc1)c1ccccc1.CCCC(c1ccccc1)c1ccccc1. The molecule has 0 heteroatoms. The quantitative estimate of drug-likeness (QED) is 0.280. The Morgan fingerprint density at radius 1 is 0.531 bits per heavy atom. The van der Waals surface area contributed by atoms with Crippen LogP contribution < -0.4 is 0 Å². The molecule has 0 atom stereocenters. The van der Waals surface area contributed by atoms with Crippen LogP contribution in [0.15, 0.2) is 121 Å². The summed E-state index contributed by atoms with van der Waals surface area (Å²) in [6.45, 7) is 6.82. The molecule has 0 aromatic heterocycles. The van der Waals surface area contributed by atoms with Crippen LogP contribution in [-0.4, -0.2) is 0 Å². The van der Waals surface area contributed by atoms with Crippen molar-refractivity contribution < 1.29 is 0 Å². The van der Waals surface area contributed by atoms with Crippen LogP contribution in [-0.2, 0) is 5.41 Å². The smallest absolute Gasteiger partial charge is 0.0172 e. The average Bonchev–Trinajstić information content (AvgIpc) is 2.89. The number of hydrogen-bond acceptors (Lipinski definition) is 0. The van der Waals surface area contributed by atoms with Crippen molar-refractivity contribution in [1.82, 2.24) is 0 Å². The van der Waals surface area contributed by atoms with Gasteiger partial charge < -0.3 is 0 Å². The van der Waals surface area contributed by atoms with Crippen LogP contribution in [0.25, 0.3) is 0 Å². The molecule has 0 heterocycles. The van der Waals surface area contributed by atoms with Gasteiger partial charge in [-0.3, -0.25) is 0 Å². The number of hydrogen-bond donors (Lipinski definition) is 0. The molecule has 0 aliphatic rings. The Kier molecular flexibility index (Phi) is 8.87. The van der Waals surface area contributed by atoms with Gasteiger partial charge in [-0.2, -0.15) is 0 Å². The summed E-state index contributed by atoms with van der Waals surface area (Å²) in [4.78, 5) is 0. The molecular formula is C32H36. The van der Waals surface area contributed by atoms with Gasteiger partial charge in [-0.05, 0) is 35.1 Å². The van der Waals surface area contributed by atoms with Crippen LogP contribution in [0.1, 0.15) is 68.2 Å². The van der Waals surface area contributed by atoms with Gasteiger partial charge in [-0.25, -0.2) is 0 Å². The summed E-state index contributed by atoms with van der Waals surface area (Å²) < 4.78 is 0. The second-order valence-corrected chi connectivity index (χ2v) is 8.58. The zero-order chi connectivity index (χ0) is 22.7. The maximum Gasteiger partial charge on any atom is 0.0172 e. The number of benzene rings is 4. The third kappa shape index (κ3) is 5.98. The maximum absolute atomic E-state index is 2.32. The minimum Gasteiger partial charge on any atom is -0.0653 e. The van der Waals surface area contributed by atoms with E-state index < -0.39 is 0 Å². The highest BCUT2D eigenvalue weighted by Crippen LogP contribution is 2.34. The molecule has 4 aromatic rings. The molecule has 164 valence electrons. The molecule has 0 saturated heterocycles. The summed E-state index contributed by atoms with van der Waals surface area (Å²) in [6.07, 6.45) is 3.55. The van der Waals surface area contributed by atoms with Crippen LogP contribution in [0.5, 0.6) is 0 Å². The molecule has 32 heavy (non-hydrogen) atoms. The van der Waals surface area contributed by atoms with E-state index in [9.17, 15) is 0 Å². The summed E-state index contributed by atoms with van der Waals surface area (Å²) in [6, 6.07) is 43.1. The van der Waals surface area contributed by atoms with E-state index in [0.717, 1.165) is 6.42 Å². The largest absolute Gasteiger partial charge is 0.0653 e. The predicted octanol–water partition coefficient (Wildman–Crippen LogP) is 9.02. The summed E-state index contributed by atoms with van der Waals surface area (Å²) in [5.74, 6) is 0.549. The second-order valence-electron chi connectivity index (χ2n) is 8.58. The van der Waals surface area contributed by atoms with E-state index in [1.165, 1.54) is 35.1 Å². The highest BCUT2D eigenvalue weighted by atomic mass is 14.3. The third-order valence-electron chi connectivity index (χ3n) is 6.51. The Morgan fingerprint density at radius 3 is 1.19 bits per heavy atom. The van der Waals surface area contributed by atoms with Crippen molar-refractivity contribution in [2.75, 3.05) is 0 Å². The van der Waals surface area contributed by atoms with E-state index in [1.54, 1.807) is 0 Å². The molecule has 0 N–H and O–H groups in total. The lowest BCUT2D eigenvalue weighted by atomic mass is 9.74. The molecule has 0 bridgehead atoms. The van der Waals surface area contributed by atoms with Crippen molar-refractivity contribution in [2.45, 2.75) is 51.4 Å². The number of rotatable bonds is 7. The average molecular weight is 421 g/mol. The van der Waals surface area contributed by atoms with Gasteiger partial charge in [0.1, 0.15) is 0 Å². The summed E-state index contributed by atoms with van der Waals surface area (Å²) in [5, 5.41) is 0. The molecule has 0 amide bonds. The van der Waals surface area contributed by atoms with E-state index in [4.69, 9.17) is 0 Å². The van der Waals surface area contributed by atoms with Gasteiger partial charge in [-0.1, -0.05) is 149 Å². The van der Waals surface area contributed by atoms with Crippen LogP contribution in [0.2, 0.25) is 0 Å². The Bertz CT molecular complexity index is 926. The van der Waals surface area contributed by atoms with Gasteiger partial charge in [0.15, 0.2) is 0 Å². The topological polar surface area (TPSA) is 0 Å². The van der Waals surface area contributed by atoms with Crippen molar-refractivity contribution in [2.24, 2.45) is 0 Å². The maximum atomic E-state index is 2.32. The summed E-state index contributed by atoms with van der Waals surface area (Å²) in [5.41, 5.74) is 5.76. The molecule has 0 unspecified atom stereocenters. The van der Waals surface area contributed by atoms with Crippen molar-refractivity contribution in [1.29, 1.82) is 0 Å². The van der Waals surface area contributed by atoms with Crippen molar-refractivity contribution >= 4 is 0 Å². The first-order valence-electron chi connectivity index (χ1n) is 11.9. The fourth-order valence-corrected chi connectivity index (χ4v) is 4.37. The Balaban J connectivity index is 0.000000181. The molecule has 4 rings (SSSR count). The van der Waals surface area contributed by atoms with Gasteiger partial charge in [0.05, 0.1) is 0 Å². The van der Waals surface area contributed by atoms with Crippen LogP contribution in [0, 0.1) is 0 Å². The summed E-state index contributed by atoms with van der Waals surface area (Å²) >= 11 is 0. The van der Waals surface area contributed by atoms with E-state index in [0.29, 0.717) is 5.92 Å². The zero-order valence-electron chi connectivity index (χ0n) is 19.7. The lowest BCUT2D eigenvalue weighted by molar-refractivity contribution is 0.550. The van der Waals surface area contributed by atoms with E-state index in [1.807, 2.05) is 0 Å². The van der Waals surface area contributed by atoms with Crippen LogP contribution >= 0.6 is 0 Å². The highest BCUT2D eigenvalue weighted by Gasteiger charge is 2.26. The van der Waals surface area contributed by atoms with Gasteiger partial charge >= 0.3 is 0 Å². The Morgan fingerprint density at radius 2 is 0.875 bits per heavy atom. The third-order valence-corrected chi connectivity index (χ3v) is 6.51. The predicted molar refractivity (Wildman–Crippen MR) is 139 cm³/mol. The molecule has 0 radical (unpaired) electrons. The van der Waals surface area contributed by atoms with Gasteiger partial charge in [0.25, 0.3) is 0 Å². The minimum atomic E-state index is 0.127. The monoisotopic (exact) mass is 420 g/mol. The summed E-state index contributed by atoms with van der Waals surface area (Å²) in [7, 11) is 0. The van der Waals surface area contributed by atoms with Crippen LogP contribution in [0.3, 0.4) is 0 Å². The van der Waals surface area contributed by atoms with E-state index >= 15 is 0 Å². The first-order chi connectivity index (χ1) is 15.7. The fourth-order valence-electron chi connectivity index (χ4n) is 4.37. The van der Waals surface area contributed by atoms with Crippen molar-refractivity contribution in [3.8, 4) is 0 Å². The molecule has 0 aliphatic carbocycles. The molecule has 4 aromatic carbocycles. The second kappa shape index (κ2) is 12.1. The molecule has 0 fully saturated rings. The van der Waals surface area contributed by atoms with E-state index in [2.05, 4.69) is 142 Å². The lowest BCUT2D eigenvalue weighted by Crippen LogP contribution is -2.22. The normalized spacial score (nSPS) is 11.0. The first-order valence-corrected chi connectivity index (χ1v) is 11.9. The fraction of sp³-hybridized carbons (Fsp3) is 0.250. The molecule has 0 spiro atoms. The van der Waals surface area contributed by atoms with Crippen LogP contribution in [0.4, 0.5) is 0 Å². The molecule has 0 aliphatic heterocycles. The molecular weight excluding hydrogens is 384 g/mol. The Labute approximate surface area is 195 Å². The molecule has 0 nitrogen and oxygen atoms in total.